The summed E-state index contributed by atoms with van der Waals surface area (Å²) in [5, 5.41) is 3.26. The van der Waals surface area contributed by atoms with Crippen LogP contribution in [0.15, 0.2) is 23.1 Å². The van der Waals surface area contributed by atoms with Gasteiger partial charge in [0.1, 0.15) is 0 Å². The first-order chi connectivity index (χ1) is 11.4. The number of aryl methyl sites for hydroxylation is 1. The number of sulfonamides is 1. The lowest BCUT2D eigenvalue weighted by atomic mass is 10.1. The Hall–Kier alpha value is -1.44. The van der Waals surface area contributed by atoms with Crippen molar-refractivity contribution in [2.24, 2.45) is 0 Å². The van der Waals surface area contributed by atoms with Gasteiger partial charge in [-0.1, -0.05) is 19.9 Å². The maximum Gasteiger partial charge on any atom is 0.253 e. The Morgan fingerprint density at radius 2 is 1.92 bits per heavy atom. The van der Waals surface area contributed by atoms with E-state index in [2.05, 4.69) is 5.32 Å². The third kappa shape index (κ3) is 3.96. The second-order valence-electron chi connectivity index (χ2n) is 5.97. The molecule has 0 atom stereocenters. The maximum atomic E-state index is 12.8. The van der Waals surface area contributed by atoms with Gasteiger partial charge in [-0.05, 0) is 37.6 Å². The molecule has 7 heteroatoms. The van der Waals surface area contributed by atoms with E-state index < -0.39 is 10.0 Å². The zero-order valence-electron chi connectivity index (χ0n) is 14.7. The van der Waals surface area contributed by atoms with Crippen LogP contribution < -0.4 is 5.32 Å². The van der Waals surface area contributed by atoms with Crippen LogP contribution >= 0.6 is 0 Å². The normalized spacial score (nSPS) is 16.2. The van der Waals surface area contributed by atoms with Crippen molar-refractivity contribution in [3.05, 3.63) is 29.3 Å². The van der Waals surface area contributed by atoms with E-state index in [9.17, 15) is 13.2 Å². The van der Waals surface area contributed by atoms with Crippen molar-refractivity contribution in [3.8, 4) is 0 Å². The number of benzene rings is 1. The van der Waals surface area contributed by atoms with Gasteiger partial charge in [-0.25, -0.2) is 8.42 Å². The smallest absolute Gasteiger partial charge is 0.253 e. The fourth-order valence-corrected chi connectivity index (χ4v) is 4.65. The number of nitrogens with one attached hydrogen (secondary N) is 1. The van der Waals surface area contributed by atoms with E-state index in [0.717, 1.165) is 19.5 Å². The highest BCUT2D eigenvalue weighted by atomic mass is 32.2. The number of nitrogens with zero attached hydrogens (tertiary/aromatic N) is 2. The van der Waals surface area contributed by atoms with Crippen LogP contribution in [-0.2, 0) is 10.0 Å². The second-order valence-corrected chi connectivity index (χ2v) is 7.87. The van der Waals surface area contributed by atoms with E-state index in [1.165, 1.54) is 10.4 Å². The first kappa shape index (κ1) is 18.9. The van der Waals surface area contributed by atoms with Gasteiger partial charge in [0.15, 0.2) is 0 Å². The van der Waals surface area contributed by atoms with Crippen molar-refractivity contribution >= 4 is 15.9 Å². The van der Waals surface area contributed by atoms with Crippen molar-refractivity contribution < 1.29 is 13.2 Å². The first-order valence-electron chi connectivity index (χ1n) is 8.52. The molecule has 0 saturated carbocycles. The summed E-state index contributed by atoms with van der Waals surface area (Å²) in [6.45, 7) is 9.22. The Labute approximate surface area is 144 Å². The zero-order chi connectivity index (χ0) is 17.7. The molecule has 1 aromatic carbocycles. The van der Waals surface area contributed by atoms with Crippen LogP contribution in [0, 0.1) is 6.92 Å². The molecule has 0 spiro atoms. The van der Waals surface area contributed by atoms with Crippen LogP contribution in [0.4, 0.5) is 0 Å². The summed E-state index contributed by atoms with van der Waals surface area (Å²) < 4.78 is 27.0. The molecule has 1 N–H and O–H groups in total. The molecule has 0 aromatic heterocycles. The van der Waals surface area contributed by atoms with Crippen LogP contribution in [-0.4, -0.2) is 62.8 Å². The molecule has 1 heterocycles. The monoisotopic (exact) mass is 353 g/mol. The van der Waals surface area contributed by atoms with E-state index in [4.69, 9.17) is 0 Å². The Kier molecular flexibility index (Phi) is 6.37. The quantitative estimate of drug-likeness (QED) is 0.870. The summed E-state index contributed by atoms with van der Waals surface area (Å²) in [5.41, 5.74) is 1.10. The lowest BCUT2D eigenvalue weighted by molar-refractivity contribution is 0.0766. The summed E-state index contributed by atoms with van der Waals surface area (Å²) in [4.78, 5) is 14.8. The number of hydrogen-bond acceptors (Lipinski definition) is 4. The lowest BCUT2D eigenvalue weighted by Crippen LogP contribution is -2.35. The first-order valence-corrected chi connectivity index (χ1v) is 9.96. The molecule has 1 aliphatic rings. The minimum atomic E-state index is -3.58. The average molecular weight is 353 g/mol. The van der Waals surface area contributed by atoms with E-state index in [0.29, 0.717) is 37.3 Å². The minimum absolute atomic E-state index is 0.102. The Morgan fingerprint density at radius 1 is 1.21 bits per heavy atom. The molecule has 0 aliphatic carbocycles. The zero-order valence-corrected chi connectivity index (χ0v) is 15.5. The molecule has 0 radical (unpaired) electrons. The summed E-state index contributed by atoms with van der Waals surface area (Å²) in [5.74, 6) is -0.102. The summed E-state index contributed by atoms with van der Waals surface area (Å²) in [6, 6.07) is 4.97. The summed E-state index contributed by atoms with van der Waals surface area (Å²) >= 11 is 0. The number of rotatable bonds is 5. The lowest BCUT2D eigenvalue weighted by Gasteiger charge is -2.22. The molecule has 24 heavy (non-hydrogen) atoms. The minimum Gasteiger partial charge on any atom is -0.337 e. The average Bonchev–Trinajstić information content (AvgIpc) is 2.84. The van der Waals surface area contributed by atoms with Gasteiger partial charge in [0, 0.05) is 38.3 Å². The molecule has 1 fully saturated rings. The molecule has 1 aromatic rings. The molecular formula is C17H27N3O3S. The highest BCUT2D eigenvalue weighted by molar-refractivity contribution is 7.89. The van der Waals surface area contributed by atoms with Crippen molar-refractivity contribution in [2.75, 3.05) is 39.3 Å². The SMILES string of the molecule is CCN(CC)S(=O)(=O)c1cc(C(=O)N2CCCNCC2)ccc1C. The van der Waals surface area contributed by atoms with Crippen LogP contribution in [0.5, 0.6) is 0 Å². The fourth-order valence-electron chi connectivity index (χ4n) is 2.95. The molecule has 2 rings (SSSR count). The number of carbonyl (C=O) groups is 1. The fraction of sp³-hybridized carbons (Fsp3) is 0.588. The van der Waals surface area contributed by atoms with Gasteiger partial charge in [-0.2, -0.15) is 4.31 Å². The Bertz CT molecular complexity index is 676. The molecule has 6 nitrogen and oxygen atoms in total. The second kappa shape index (κ2) is 8.09. The highest BCUT2D eigenvalue weighted by Crippen LogP contribution is 2.22. The van der Waals surface area contributed by atoms with E-state index in [-0.39, 0.29) is 10.8 Å². The molecule has 1 saturated heterocycles. The highest BCUT2D eigenvalue weighted by Gasteiger charge is 2.26. The van der Waals surface area contributed by atoms with Gasteiger partial charge < -0.3 is 10.2 Å². The predicted molar refractivity (Wildman–Crippen MR) is 94.7 cm³/mol. The molecule has 134 valence electrons. The standard InChI is InChI=1S/C17H27N3O3S/c1-4-20(5-2)24(22,23)16-13-15(8-7-14(16)3)17(21)19-11-6-9-18-10-12-19/h7-8,13,18H,4-6,9-12H2,1-3H3. The Morgan fingerprint density at radius 3 is 2.58 bits per heavy atom. The van der Waals surface area contributed by atoms with Crippen molar-refractivity contribution in [2.45, 2.75) is 32.1 Å². The van der Waals surface area contributed by atoms with Gasteiger partial charge in [-0.15, -0.1) is 0 Å². The summed E-state index contributed by atoms with van der Waals surface area (Å²) in [6.07, 6.45) is 0.905. The molecule has 0 unspecified atom stereocenters. The number of amides is 1. The molecule has 0 bridgehead atoms. The third-order valence-corrected chi connectivity index (χ3v) is 6.58. The number of hydrogen-bond donors (Lipinski definition) is 1. The van der Waals surface area contributed by atoms with Gasteiger partial charge in [-0.3, -0.25) is 4.79 Å². The van der Waals surface area contributed by atoms with Gasteiger partial charge >= 0.3 is 0 Å². The van der Waals surface area contributed by atoms with Gasteiger partial charge in [0.25, 0.3) is 5.91 Å². The van der Waals surface area contributed by atoms with Gasteiger partial charge in [0.2, 0.25) is 10.0 Å². The van der Waals surface area contributed by atoms with E-state index >= 15 is 0 Å². The third-order valence-electron chi connectivity index (χ3n) is 4.39. The van der Waals surface area contributed by atoms with Crippen LogP contribution in [0.1, 0.15) is 36.2 Å². The van der Waals surface area contributed by atoms with E-state index in [1.54, 1.807) is 24.0 Å². The van der Waals surface area contributed by atoms with Crippen molar-refractivity contribution in [1.29, 1.82) is 0 Å². The summed E-state index contributed by atoms with van der Waals surface area (Å²) in [7, 11) is -3.58. The van der Waals surface area contributed by atoms with E-state index in [1.807, 2.05) is 13.8 Å². The maximum absolute atomic E-state index is 12.8. The predicted octanol–water partition coefficient (Wildman–Crippen LogP) is 1.46. The van der Waals surface area contributed by atoms with Crippen LogP contribution in [0.2, 0.25) is 0 Å². The topological polar surface area (TPSA) is 69.7 Å². The number of carbonyl (C=O) groups excluding carboxylic acids is 1. The molecule has 1 amide bonds. The Balaban J connectivity index is 2.36. The largest absolute Gasteiger partial charge is 0.337 e. The molecule has 1 aliphatic heterocycles. The van der Waals surface area contributed by atoms with Crippen molar-refractivity contribution in [3.63, 3.8) is 0 Å². The molecular weight excluding hydrogens is 326 g/mol. The van der Waals surface area contributed by atoms with Gasteiger partial charge in [0.05, 0.1) is 4.90 Å². The van der Waals surface area contributed by atoms with Crippen LogP contribution in [0.25, 0.3) is 0 Å². The van der Waals surface area contributed by atoms with Crippen LogP contribution in [0.3, 0.4) is 0 Å². The van der Waals surface area contributed by atoms with Crippen molar-refractivity contribution in [1.82, 2.24) is 14.5 Å².